The van der Waals surface area contributed by atoms with Gasteiger partial charge in [-0.3, -0.25) is 0 Å². The Morgan fingerprint density at radius 3 is 2.03 bits per heavy atom. The summed E-state index contributed by atoms with van der Waals surface area (Å²) in [6, 6.07) is 1.49. The molecule has 1 saturated carbocycles. The highest BCUT2D eigenvalue weighted by Crippen LogP contribution is 2.35. The Bertz CT molecular complexity index is 1270. The van der Waals surface area contributed by atoms with Crippen LogP contribution in [0, 0.1) is 11.8 Å². The Balaban J connectivity index is 1.90. The first kappa shape index (κ1) is 29.7. The number of alkyl carbamates (subject to hydrolysis) is 1. The Morgan fingerprint density at radius 2 is 1.54 bits per heavy atom. The molecule has 11 nitrogen and oxygen atoms in total. The van der Waals surface area contributed by atoms with Crippen molar-refractivity contribution in [3.8, 4) is 11.8 Å². The van der Waals surface area contributed by atoms with Crippen LogP contribution >= 0.6 is 0 Å². The molecule has 0 unspecified atom stereocenters. The number of amides is 3. The van der Waals surface area contributed by atoms with Gasteiger partial charge in [0.15, 0.2) is 5.65 Å². The smallest absolute Gasteiger partial charge is 0.424 e. The summed E-state index contributed by atoms with van der Waals surface area (Å²) in [5, 5.41) is 7.30. The van der Waals surface area contributed by atoms with Crippen molar-refractivity contribution in [1.29, 1.82) is 0 Å². The molecule has 39 heavy (non-hydrogen) atoms. The number of hydrogen-bond donors (Lipinski definition) is 1. The van der Waals surface area contributed by atoms with Gasteiger partial charge in [-0.2, -0.15) is 10.00 Å². The van der Waals surface area contributed by atoms with E-state index in [0.717, 1.165) is 24.2 Å². The van der Waals surface area contributed by atoms with Gasteiger partial charge in [-0.15, -0.1) is 0 Å². The zero-order chi connectivity index (χ0) is 29.2. The van der Waals surface area contributed by atoms with Gasteiger partial charge in [0.05, 0.1) is 17.9 Å². The molecule has 1 N–H and O–H groups in total. The van der Waals surface area contributed by atoms with Crippen molar-refractivity contribution in [3.05, 3.63) is 24.2 Å². The van der Waals surface area contributed by atoms with Gasteiger partial charge in [0.25, 0.3) is 0 Å². The summed E-state index contributed by atoms with van der Waals surface area (Å²) in [7, 11) is 0. The second-order valence-electron chi connectivity index (χ2n) is 12.6. The minimum atomic E-state index is -0.902. The van der Waals surface area contributed by atoms with E-state index in [0.29, 0.717) is 12.1 Å². The van der Waals surface area contributed by atoms with Gasteiger partial charge >= 0.3 is 18.3 Å². The van der Waals surface area contributed by atoms with Gasteiger partial charge in [-0.25, -0.2) is 23.9 Å². The molecule has 0 atom stereocenters. The minimum absolute atomic E-state index is 0.142. The molecule has 11 heteroatoms. The zero-order valence-corrected chi connectivity index (χ0v) is 24.3. The number of carbonyl (C=O) groups is 3. The molecule has 2 aromatic rings. The van der Waals surface area contributed by atoms with Crippen molar-refractivity contribution in [3.63, 3.8) is 0 Å². The molecule has 2 aromatic heterocycles. The van der Waals surface area contributed by atoms with E-state index in [-0.39, 0.29) is 11.3 Å². The number of imide groups is 1. The largest absolute Gasteiger partial charge is 0.444 e. The molecule has 0 bridgehead atoms. The lowest BCUT2D eigenvalue weighted by atomic mass is 9.74. The van der Waals surface area contributed by atoms with Gasteiger partial charge in [-0.1, -0.05) is 5.92 Å². The normalized spacial score (nSPS) is 14.9. The maximum Gasteiger partial charge on any atom is 0.424 e. The van der Waals surface area contributed by atoms with Crippen molar-refractivity contribution in [2.75, 3.05) is 4.90 Å². The molecule has 0 radical (unpaired) electrons. The van der Waals surface area contributed by atoms with Crippen LogP contribution in [0.3, 0.4) is 0 Å². The van der Waals surface area contributed by atoms with E-state index in [1.807, 2.05) is 20.8 Å². The molecule has 3 amide bonds. The molecule has 0 spiro atoms. The molecule has 2 heterocycles. The lowest BCUT2D eigenvalue weighted by Crippen LogP contribution is -2.54. The third-order valence-corrected chi connectivity index (χ3v) is 5.49. The third-order valence-electron chi connectivity index (χ3n) is 5.49. The summed E-state index contributed by atoms with van der Waals surface area (Å²) in [4.78, 5) is 43.7. The lowest BCUT2D eigenvalue weighted by molar-refractivity contribution is 0.0383. The van der Waals surface area contributed by atoms with Crippen molar-refractivity contribution in [2.24, 2.45) is 0 Å². The predicted octanol–water partition coefficient (Wildman–Crippen LogP) is 5.59. The van der Waals surface area contributed by atoms with E-state index < -0.39 is 40.6 Å². The number of nitrogens with zero attached hydrogens (tertiary/aromatic N) is 4. The van der Waals surface area contributed by atoms with E-state index in [2.05, 4.69) is 27.2 Å². The molecular weight excluding hydrogens is 502 g/mol. The number of hydrogen-bond acceptors (Lipinski definition) is 8. The highest BCUT2D eigenvalue weighted by atomic mass is 16.6. The fourth-order valence-corrected chi connectivity index (χ4v) is 3.80. The van der Waals surface area contributed by atoms with Crippen molar-refractivity contribution >= 4 is 29.6 Å². The Labute approximate surface area is 229 Å². The lowest BCUT2D eigenvalue weighted by Gasteiger charge is -2.41. The van der Waals surface area contributed by atoms with Crippen molar-refractivity contribution in [2.45, 2.75) is 110 Å². The van der Waals surface area contributed by atoms with Gasteiger partial charge < -0.3 is 19.5 Å². The van der Waals surface area contributed by atoms with Crippen LogP contribution in [0.2, 0.25) is 0 Å². The molecule has 1 aliphatic rings. The number of nitrogens with one attached hydrogen (secondary N) is 1. The van der Waals surface area contributed by atoms with Crippen LogP contribution in [0.5, 0.6) is 0 Å². The molecule has 3 rings (SSSR count). The summed E-state index contributed by atoms with van der Waals surface area (Å²) in [6.45, 7) is 15.7. The molecule has 212 valence electrons. The Hall–Kier alpha value is -3.81. The fraction of sp³-hybridized carbons (Fsp3) is 0.607. The number of fused-ring (bicyclic) bond motifs is 1. The van der Waals surface area contributed by atoms with Gasteiger partial charge in [0.2, 0.25) is 0 Å². The second-order valence-corrected chi connectivity index (χ2v) is 12.6. The van der Waals surface area contributed by atoms with Crippen LogP contribution in [-0.4, -0.2) is 55.2 Å². The highest BCUT2D eigenvalue weighted by molar-refractivity contribution is 6.11. The molecule has 1 aliphatic carbocycles. The summed E-state index contributed by atoms with van der Waals surface area (Å²) in [5.74, 6) is 6.19. The third kappa shape index (κ3) is 8.09. The van der Waals surface area contributed by atoms with Crippen LogP contribution in [-0.2, 0) is 14.2 Å². The Morgan fingerprint density at radius 1 is 0.974 bits per heavy atom. The fourth-order valence-electron chi connectivity index (χ4n) is 3.80. The van der Waals surface area contributed by atoms with Crippen molar-refractivity contribution in [1.82, 2.24) is 19.9 Å². The summed E-state index contributed by atoms with van der Waals surface area (Å²) in [5.41, 5.74) is -1.92. The first-order valence-corrected chi connectivity index (χ1v) is 13.0. The first-order valence-electron chi connectivity index (χ1n) is 13.0. The number of carbonyl (C=O) groups excluding carboxylic acids is 3. The number of anilines is 1. The van der Waals surface area contributed by atoms with Crippen LogP contribution < -0.4 is 10.2 Å². The summed E-state index contributed by atoms with van der Waals surface area (Å²) in [6.07, 6.45) is 3.69. The van der Waals surface area contributed by atoms with Crippen molar-refractivity contribution < 1.29 is 28.6 Å². The molecule has 0 aromatic carbocycles. The number of aromatic nitrogens is 3. The number of rotatable bonds is 3. The van der Waals surface area contributed by atoms with Crippen LogP contribution in [0.25, 0.3) is 5.65 Å². The molecular formula is C28H39N5O6. The van der Waals surface area contributed by atoms with Gasteiger partial charge in [0.1, 0.15) is 28.2 Å². The first-order chi connectivity index (χ1) is 17.9. The van der Waals surface area contributed by atoms with E-state index >= 15 is 0 Å². The quantitative estimate of drug-likeness (QED) is 0.394. The topological polar surface area (TPSA) is 124 Å². The predicted molar refractivity (Wildman–Crippen MR) is 145 cm³/mol. The van der Waals surface area contributed by atoms with Crippen LogP contribution in [0.1, 0.15) is 93.7 Å². The standard InChI is InChI=1S/C28H39N5O6/c1-25(2,3)37-22(34)31-28(15-11-16-28)14-10-12-19-18-29-21-20(13-17-30-33(19)21)32(23(35)38-26(4,5)6)24(36)39-27(7,8)9/h13,17-18H,11,14-16H2,1-9H3,(H,31,34). The van der Waals surface area contributed by atoms with E-state index in [4.69, 9.17) is 14.2 Å². The maximum atomic E-state index is 13.1. The SMILES string of the molecule is CC(C)(C)OC(=O)NC1(CC#Cc2cnc3c(N(C(=O)OC(C)(C)C)C(=O)OC(C)(C)C)ccnn23)CCC1. The zero-order valence-electron chi connectivity index (χ0n) is 24.3. The van der Waals surface area contributed by atoms with Crippen LogP contribution in [0.15, 0.2) is 18.5 Å². The number of ether oxygens (including phenoxy) is 3. The molecule has 0 saturated heterocycles. The van der Waals surface area contributed by atoms with Crippen LogP contribution in [0.4, 0.5) is 20.1 Å². The summed E-state index contributed by atoms with van der Waals surface area (Å²) < 4.78 is 17.8. The average molecular weight is 542 g/mol. The Kier molecular flexibility index (Phi) is 8.20. The average Bonchev–Trinajstić information content (AvgIpc) is 3.12. The monoisotopic (exact) mass is 541 g/mol. The van der Waals surface area contributed by atoms with E-state index in [1.54, 1.807) is 41.5 Å². The van der Waals surface area contributed by atoms with E-state index in [1.165, 1.54) is 23.0 Å². The minimum Gasteiger partial charge on any atom is -0.444 e. The number of imidazole rings is 1. The van der Waals surface area contributed by atoms with Gasteiger partial charge in [0, 0.05) is 6.42 Å². The van der Waals surface area contributed by atoms with E-state index in [9.17, 15) is 14.4 Å². The highest BCUT2D eigenvalue weighted by Gasteiger charge is 2.39. The molecule has 0 aliphatic heterocycles. The second kappa shape index (κ2) is 10.8. The summed E-state index contributed by atoms with van der Waals surface area (Å²) >= 11 is 0. The van der Waals surface area contributed by atoms with Gasteiger partial charge in [-0.05, 0) is 93.6 Å². The maximum absolute atomic E-state index is 13.1. The molecule has 1 fully saturated rings.